The Hall–Kier alpha value is -0.910. The number of likely N-dealkylation sites (tertiary alicyclic amines) is 1. The second-order valence-corrected chi connectivity index (χ2v) is 6.91. The van der Waals surface area contributed by atoms with Crippen LogP contribution in [0.5, 0.6) is 0 Å². The van der Waals surface area contributed by atoms with E-state index in [2.05, 4.69) is 9.88 Å². The maximum Gasteiger partial charge on any atom is 0.197 e. The molecule has 1 atom stereocenters. The van der Waals surface area contributed by atoms with E-state index in [1.54, 1.807) is 0 Å². The first kappa shape index (κ1) is 13.7. The maximum atomic E-state index is 9.87. The second-order valence-electron chi connectivity index (χ2n) is 6.91. The zero-order valence-electron chi connectivity index (χ0n) is 12.5. The first-order chi connectivity index (χ1) is 10.2. The van der Waals surface area contributed by atoms with Crippen LogP contribution in [0.2, 0.25) is 0 Å². The summed E-state index contributed by atoms with van der Waals surface area (Å²) in [5, 5.41) is 9.87. The summed E-state index contributed by atoms with van der Waals surface area (Å²) in [7, 11) is 0. The molecule has 5 nitrogen and oxygen atoms in total. The molecular weight excluding hydrogens is 268 g/mol. The molecule has 1 unspecified atom stereocenters. The van der Waals surface area contributed by atoms with Crippen molar-refractivity contribution in [1.82, 2.24) is 9.88 Å². The van der Waals surface area contributed by atoms with Crippen LogP contribution in [0.4, 0.5) is 0 Å². The Labute approximate surface area is 125 Å². The average Bonchev–Trinajstić information content (AvgIpc) is 3.22. The topological polar surface area (TPSA) is 58.7 Å². The van der Waals surface area contributed by atoms with Crippen LogP contribution in [0.25, 0.3) is 0 Å². The molecule has 1 aliphatic carbocycles. The van der Waals surface area contributed by atoms with Crippen LogP contribution in [0.15, 0.2) is 10.7 Å². The molecule has 1 N–H and O–H groups in total. The molecule has 0 aromatic carbocycles. The van der Waals surface area contributed by atoms with Gasteiger partial charge in [-0.25, -0.2) is 4.98 Å². The van der Waals surface area contributed by atoms with Crippen LogP contribution in [0.3, 0.4) is 0 Å². The van der Waals surface area contributed by atoms with Gasteiger partial charge in [0.25, 0.3) is 0 Å². The molecule has 0 amide bonds. The number of piperidine rings is 1. The monoisotopic (exact) mass is 292 g/mol. The van der Waals surface area contributed by atoms with Gasteiger partial charge in [0.15, 0.2) is 5.89 Å². The largest absolute Gasteiger partial charge is 0.448 e. The molecule has 3 heterocycles. The third-order valence-corrected chi connectivity index (χ3v) is 5.12. The van der Waals surface area contributed by atoms with Gasteiger partial charge in [-0.2, -0.15) is 0 Å². The number of aromatic nitrogens is 1. The Morgan fingerprint density at radius 3 is 2.81 bits per heavy atom. The minimum absolute atomic E-state index is 0.0723. The summed E-state index contributed by atoms with van der Waals surface area (Å²) in [5.74, 6) is 1.51. The molecule has 3 fully saturated rings. The lowest BCUT2D eigenvalue weighted by Gasteiger charge is -2.45. The van der Waals surface area contributed by atoms with E-state index in [1.165, 1.54) is 12.8 Å². The smallest absolute Gasteiger partial charge is 0.197 e. The minimum Gasteiger partial charge on any atom is -0.448 e. The Morgan fingerprint density at radius 2 is 2.10 bits per heavy atom. The number of hydrogen-bond donors (Lipinski definition) is 1. The quantitative estimate of drug-likeness (QED) is 0.924. The summed E-state index contributed by atoms with van der Waals surface area (Å²) < 4.78 is 11.6. The molecule has 1 saturated carbocycles. The Morgan fingerprint density at radius 1 is 1.29 bits per heavy atom. The minimum atomic E-state index is -0.179. The Kier molecular flexibility index (Phi) is 3.52. The molecule has 1 aromatic heterocycles. The number of oxazole rings is 1. The lowest BCUT2D eigenvalue weighted by Crippen LogP contribution is -2.50. The highest BCUT2D eigenvalue weighted by atomic mass is 16.5. The van der Waals surface area contributed by atoms with E-state index in [1.807, 2.05) is 6.26 Å². The highest BCUT2D eigenvalue weighted by molar-refractivity contribution is 5.06. The Bertz CT molecular complexity index is 489. The average molecular weight is 292 g/mol. The van der Waals surface area contributed by atoms with Crippen molar-refractivity contribution in [3.63, 3.8) is 0 Å². The molecule has 1 aromatic rings. The van der Waals surface area contributed by atoms with Crippen molar-refractivity contribution in [3.8, 4) is 0 Å². The number of ether oxygens (including phenoxy) is 1. The van der Waals surface area contributed by atoms with Gasteiger partial charge in [0.05, 0.1) is 17.4 Å². The van der Waals surface area contributed by atoms with Crippen molar-refractivity contribution in [2.45, 2.75) is 62.7 Å². The molecule has 116 valence electrons. The molecule has 3 aliphatic rings. The summed E-state index contributed by atoms with van der Waals surface area (Å²) in [6.07, 6.45) is 7.71. The number of aliphatic hydroxyl groups excluding tert-OH is 1. The molecule has 2 aliphatic heterocycles. The van der Waals surface area contributed by atoms with Gasteiger partial charge in [-0.3, -0.25) is 4.90 Å². The predicted octanol–water partition coefficient (Wildman–Crippen LogP) is 2.06. The van der Waals surface area contributed by atoms with E-state index in [4.69, 9.17) is 9.15 Å². The molecule has 2 saturated heterocycles. The molecule has 0 radical (unpaired) electrons. The number of aliphatic hydroxyl groups is 1. The molecular formula is C16H24N2O3. The number of rotatable bonds is 3. The third-order valence-electron chi connectivity index (χ3n) is 5.12. The van der Waals surface area contributed by atoms with Gasteiger partial charge < -0.3 is 14.3 Å². The van der Waals surface area contributed by atoms with E-state index in [9.17, 15) is 5.11 Å². The fourth-order valence-electron chi connectivity index (χ4n) is 3.61. The molecule has 0 bridgehead atoms. The normalized spacial score (nSPS) is 29.9. The van der Waals surface area contributed by atoms with E-state index in [0.717, 1.165) is 56.9 Å². The van der Waals surface area contributed by atoms with Crippen LogP contribution in [0, 0.1) is 0 Å². The van der Waals surface area contributed by atoms with Crippen molar-refractivity contribution in [3.05, 3.63) is 17.8 Å². The van der Waals surface area contributed by atoms with E-state index in [-0.39, 0.29) is 11.7 Å². The van der Waals surface area contributed by atoms with Gasteiger partial charge in [0.1, 0.15) is 6.26 Å². The van der Waals surface area contributed by atoms with Crippen LogP contribution in [-0.4, -0.2) is 46.4 Å². The summed E-state index contributed by atoms with van der Waals surface area (Å²) in [6.45, 7) is 3.60. The lowest BCUT2D eigenvalue weighted by atomic mass is 9.83. The summed E-state index contributed by atoms with van der Waals surface area (Å²) in [5.41, 5.74) is 0.981. The highest BCUT2D eigenvalue weighted by Gasteiger charge is 2.40. The van der Waals surface area contributed by atoms with Crippen LogP contribution >= 0.6 is 0 Å². The molecule has 4 rings (SSSR count). The highest BCUT2D eigenvalue weighted by Crippen LogP contribution is 2.39. The summed E-state index contributed by atoms with van der Waals surface area (Å²) in [6, 6.07) is 0. The van der Waals surface area contributed by atoms with Gasteiger partial charge >= 0.3 is 0 Å². The first-order valence-corrected chi connectivity index (χ1v) is 8.21. The third kappa shape index (κ3) is 3.00. The van der Waals surface area contributed by atoms with Crippen LogP contribution < -0.4 is 0 Å². The van der Waals surface area contributed by atoms with Gasteiger partial charge in [-0.15, -0.1) is 0 Å². The van der Waals surface area contributed by atoms with Crippen molar-refractivity contribution in [2.24, 2.45) is 0 Å². The molecule has 1 spiro atoms. The summed E-state index contributed by atoms with van der Waals surface area (Å²) in [4.78, 5) is 7.02. The van der Waals surface area contributed by atoms with E-state index >= 15 is 0 Å². The van der Waals surface area contributed by atoms with Crippen molar-refractivity contribution >= 4 is 0 Å². The van der Waals surface area contributed by atoms with Crippen LogP contribution in [0.1, 0.15) is 56.0 Å². The van der Waals surface area contributed by atoms with Gasteiger partial charge in [0, 0.05) is 38.6 Å². The van der Waals surface area contributed by atoms with Gasteiger partial charge in [-0.05, 0) is 32.1 Å². The van der Waals surface area contributed by atoms with Gasteiger partial charge in [-0.1, -0.05) is 0 Å². The van der Waals surface area contributed by atoms with Crippen molar-refractivity contribution < 1.29 is 14.3 Å². The SMILES string of the molecule is OC1CCOC2(CCN(Cc3coc(C4CC4)n3)CC2)C1. The van der Waals surface area contributed by atoms with Crippen molar-refractivity contribution in [1.29, 1.82) is 0 Å². The zero-order valence-corrected chi connectivity index (χ0v) is 12.5. The van der Waals surface area contributed by atoms with Crippen molar-refractivity contribution in [2.75, 3.05) is 19.7 Å². The second kappa shape index (κ2) is 5.38. The summed E-state index contributed by atoms with van der Waals surface area (Å²) >= 11 is 0. The molecule has 21 heavy (non-hydrogen) atoms. The van der Waals surface area contributed by atoms with E-state index < -0.39 is 0 Å². The lowest BCUT2D eigenvalue weighted by molar-refractivity contribution is -0.143. The van der Waals surface area contributed by atoms with Crippen LogP contribution in [-0.2, 0) is 11.3 Å². The Balaban J connectivity index is 1.32. The number of hydrogen-bond acceptors (Lipinski definition) is 5. The molecule has 5 heteroatoms. The van der Waals surface area contributed by atoms with E-state index in [0.29, 0.717) is 12.5 Å². The van der Waals surface area contributed by atoms with Gasteiger partial charge in [0.2, 0.25) is 0 Å². The fraction of sp³-hybridized carbons (Fsp3) is 0.812. The standard InChI is InChI=1S/C16H24N2O3/c19-14-3-8-21-16(9-14)4-6-18(7-5-16)10-13-11-20-15(17-13)12-1-2-12/h11-12,14,19H,1-10H2. The first-order valence-electron chi connectivity index (χ1n) is 8.21. The zero-order chi connectivity index (χ0) is 14.3. The maximum absolute atomic E-state index is 9.87. The fourth-order valence-corrected chi connectivity index (χ4v) is 3.61. The number of nitrogens with zero attached hydrogens (tertiary/aromatic N) is 2. The predicted molar refractivity (Wildman–Crippen MR) is 76.9 cm³/mol.